The van der Waals surface area contributed by atoms with Gasteiger partial charge in [-0.05, 0) is 26.3 Å². The first-order valence-electron chi connectivity index (χ1n) is 6.20. The molecule has 0 saturated carbocycles. The largest absolute Gasteiger partial charge is 0.376 e. The molecule has 1 heterocycles. The number of hydrogen-bond donors (Lipinski definition) is 1. The molecule has 92 valence electrons. The molecule has 2 atom stereocenters. The summed E-state index contributed by atoms with van der Waals surface area (Å²) in [6.07, 6.45) is 3.30. The molecular formula is C13H23NO2. The minimum absolute atomic E-state index is 0.193. The van der Waals surface area contributed by atoms with Crippen LogP contribution in [0.1, 0.15) is 33.1 Å². The van der Waals surface area contributed by atoms with Crippen LogP contribution in [0.5, 0.6) is 0 Å². The van der Waals surface area contributed by atoms with Crippen molar-refractivity contribution in [3.63, 3.8) is 0 Å². The van der Waals surface area contributed by atoms with E-state index in [4.69, 9.17) is 9.47 Å². The van der Waals surface area contributed by atoms with Crippen molar-refractivity contribution >= 4 is 0 Å². The fourth-order valence-corrected chi connectivity index (χ4v) is 1.84. The number of ether oxygens (including phenoxy) is 2. The van der Waals surface area contributed by atoms with Crippen molar-refractivity contribution < 1.29 is 9.47 Å². The van der Waals surface area contributed by atoms with E-state index in [9.17, 15) is 0 Å². The zero-order valence-electron chi connectivity index (χ0n) is 10.4. The molecule has 1 saturated heterocycles. The van der Waals surface area contributed by atoms with Gasteiger partial charge in [0.15, 0.2) is 0 Å². The second-order valence-corrected chi connectivity index (χ2v) is 4.01. The zero-order valence-corrected chi connectivity index (χ0v) is 10.4. The molecule has 16 heavy (non-hydrogen) atoms. The summed E-state index contributed by atoms with van der Waals surface area (Å²) in [6.45, 7) is 7.24. The van der Waals surface area contributed by atoms with E-state index in [0.29, 0.717) is 19.3 Å². The maximum atomic E-state index is 5.73. The van der Waals surface area contributed by atoms with Crippen LogP contribution in [-0.4, -0.2) is 38.5 Å². The van der Waals surface area contributed by atoms with Crippen molar-refractivity contribution in [2.45, 2.75) is 45.3 Å². The van der Waals surface area contributed by atoms with Crippen LogP contribution < -0.4 is 5.32 Å². The molecule has 0 bridgehead atoms. The van der Waals surface area contributed by atoms with Crippen LogP contribution in [0.25, 0.3) is 0 Å². The summed E-state index contributed by atoms with van der Waals surface area (Å²) in [7, 11) is 0. The lowest BCUT2D eigenvalue weighted by Gasteiger charge is -2.30. The van der Waals surface area contributed by atoms with E-state index < -0.39 is 0 Å². The molecular weight excluding hydrogens is 202 g/mol. The third-order valence-corrected chi connectivity index (χ3v) is 2.70. The normalized spacial score (nSPS) is 22.2. The van der Waals surface area contributed by atoms with Crippen molar-refractivity contribution in [1.82, 2.24) is 5.32 Å². The minimum Gasteiger partial charge on any atom is -0.376 e. The molecule has 1 aliphatic rings. The van der Waals surface area contributed by atoms with Crippen LogP contribution in [0.2, 0.25) is 0 Å². The van der Waals surface area contributed by atoms with Gasteiger partial charge in [0.2, 0.25) is 0 Å². The summed E-state index contributed by atoms with van der Waals surface area (Å²) in [4.78, 5) is 0. The van der Waals surface area contributed by atoms with Crippen molar-refractivity contribution in [2.75, 3.05) is 26.4 Å². The van der Waals surface area contributed by atoms with Gasteiger partial charge in [0.1, 0.15) is 0 Å². The van der Waals surface area contributed by atoms with Crippen LogP contribution in [0.4, 0.5) is 0 Å². The Kier molecular flexibility index (Phi) is 7.24. The Hall–Kier alpha value is -0.560. The van der Waals surface area contributed by atoms with Gasteiger partial charge in [-0.3, -0.25) is 0 Å². The zero-order chi connectivity index (χ0) is 11.6. The Morgan fingerprint density at radius 2 is 2.31 bits per heavy atom. The number of hydrogen-bond acceptors (Lipinski definition) is 3. The molecule has 0 amide bonds. The predicted molar refractivity (Wildman–Crippen MR) is 65.3 cm³/mol. The van der Waals surface area contributed by atoms with Gasteiger partial charge in [0.25, 0.3) is 0 Å². The molecule has 0 aliphatic carbocycles. The molecule has 1 rings (SSSR count). The highest BCUT2D eigenvalue weighted by atomic mass is 16.6. The first-order valence-corrected chi connectivity index (χ1v) is 6.20. The van der Waals surface area contributed by atoms with E-state index in [1.54, 1.807) is 0 Å². The maximum Gasteiger partial charge on any atom is 0.0962 e. The Balaban J connectivity index is 2.36. The highest BCUT2D eigenvalue weighted by Crippen LogP contribution is 2.10. The van der Waals surface area contributed by atoms with E-state index in [0.717, 1.165) is 32.4 Å². The summed E-state index contributed by atoms with van der Waals surface area (Å²) >= 11 is 0. The van der Waals surface area contributed by atoms with Crippen LogP contribution >= 0.6 is 0 Å². The van der Waals surface area contributed by atoms with Crippen LogP contribution in [-0.2, 0) is 9.47 Å². The predicted octanol–water partition coefficient (Wildman–Crippen LogP) is 1.57. The number of nitrogens with one attached hydrogen (secondary N) is 1. The first-order chi connectivity index (χ1) is 7.88. The molecule has 0 aromatic heterocycles. The van der Waals surface area contributed by atoms with Gasteiger partial charge in [-0.2, -0.15) is 0 Å². The highest BCUT2D eigenvalue weighted by Gasteiger charge is 2.23. The van der Waals surface area contributed by atoms with Crippen molar-refractivity contribution in [2.24, 2.45) is 0 Å². The maximum absolute atomic E-state index is 5.73. The lowest BCUT2D eigenvalue weighted by Crippen LogP contribution is -2.46. The van der Waals surface area contributed by atoms with Gasteiger partial charge < -0.3 is 14.8 Å². The quantitative estimate of drug-likeness (QED) is 0.696. The second-order valence-electron chi connectivity index (χ2n) is 4.01. The Morgan fingerprint density at radius 1 is 1.44 bits per heavy atom. The SMILES string of the molecule is CC#CCCC(NCCC)C1COCCO1. The molecule has 1 N–H and O–H groups in total. The van der Waals surface area contributed by atoms with E-state index in [1.165, 1.54) is 0 Å². The topological polar surface area (TPSA) is 30.5 Å². The summed E-state index contributed by atoms with van der Waals surface area (Å²) in [5.74, 6) is 6.04. The van der Waals surface area contributed by atoms with Crippen molar-refractivity contribution in [3.8, 4) is 11.8 Å². The Labute approximate surface area is 98.9 Å². The lowest BCUT2D eigenvalue weighted by atomic mass is 10.1. The average molecular weight is 225 g/mol. The van der Waals surface area contributed by atoms with Gasteiger partial charge in [-0.1, -0.05) is 6.92 Å². The average Bonchev–Trinajstić information content (AvgIpc) is 2.35. The van der Waals surface area contributed by atoms with Gasteiger partial charge in [0.05, 0.1) is 25.9 Å². The standard InChI is InChI=1S/C13H23NO2/c1-3-5-6-7-12(14-8-4-2)13-11-15-9-10-16-13/h12-14H,4,6-11H2,1-2H3. The van der Waals surface area contributed by atoms with Gasteiger partial charge in [-0.15, -0.1) is 11.8 Å². The summed E-state index contributed by atoms with van der Waals surface area (Å²) in [5, 5.41) is 3.53. The lowest BCUT2D eigenvalue weighted by molar-refractivity contribution is -0.102. The monoisotopic (exact) mass is 225 g/mol. The third-order valence-electron chi connectivity index (χ3n) is 2.70. The minimum atomic E-state index is 0.193. The molecule has 1 aliphatic heterocycles. The second kappa shape index (κ2) is 8.58. The smallest absolute Gasteiger partial charge is 0.0962 e. The fraction of sp³-hybridized carbons (Fsp3) is 0.846. The number of rotatable bonds is 6. The Bertz CT molecular complexity index is 226. The van der Waals surface area contributed by atoms with Gasteiger partial charge in [-0.25, -0.2) is 0 Å². The molecule has 0 aromatic rings. The molecule has 2 unspecified atom stereocenters. The van der Waals surface area contributed by atoms with E-state index >= 15 is 0 Å². The van der Waals surface area contributed by atoms with Crippen molar-refractivity contribution in [1.29, 1.82) is 0 Å². The molecule has 0 radical (unpaired) electrons. The van der Waals surface area contributed by atoms with Crippen molar-refractivity contribution in [3.05, 3.63) is 0 Å². The molecule has 3 nitrogen and oxygen atoms in total. The molecule has 0 spiro atoms. The van der Waals surface area contributed by atoms with Crippen LogP contribution in [0.15, 0.2) is 0 Å². The molecule has 1 fully saturated rings. The highest BCUT2D eigenvalue weighted by molar-refractivity contribution is 4.96. The molecule has 0 aromatic carbocycles. The third kappa shape index (κ3) is 4.98. The molecule has 3 heteroatoms. The summed E-state index contributed by atoms with van der Waals surface area (Å²) in [5.41, 5.74) is 0. The fourth-order valence-electron chi connectivity index (χ4n) is 1.84. The van der Waals surface area contributed by atoms with Gasteiger partial charge >= 0.3 is 0 Å². The Morgan fingerprint density at radius 3 is 2.94 bits per heavy atom. The van der Waals surface area contributed by atoms with E-state index in [1.807, 2.05) is 6.92 Å². The summed E-state index contributed by atoms with van der Waals surface area (Å²) in [6, 6.07) is 0.376. The van der Waals surface area contributed by atoms with Crippen LogP contribution in [0, 0.1) is 11.8 Å². The van der Waals surface area contributed by atoms with Crippen LogP contribution in [0.3, 0.4) is 0 Å². The van der Waals surface area contributed by atoms with Gasteiger partial charge in [0, 0.05) is 12.5 Å². The van der Waals surface area contributed by atoms with E-state index in [2.05, 4.69) is 24.1 Å². The van der Waals surface area contributed by atoms with E-state index in [-0.39, 0.29) is 6.10 Å². The summed E-state index contributed by atoms with van der Waals surface area (Å²) < 4.78 is 11.2. The first kappa shape index (κ1) is 13.5.